The summed E-state index contributed by atoms with van der Waals surface area (Å²) >= 11 is 0. The number of benzene rings is 2. The van der Waals surface area contributed by atoms with E-state index >= 15 is 0 Å². The molecule has 3 nitrogen and oxygen atoms in total. The van der Waals surface area contributed by atoms with Gasteiger partial charge in [0, 0.05) is 6.42 Å². The van der Waals surface area contributed by atoms with Crippen LogP contribution in [0.4, 0.5) is 0 Å². The topological polar surface area (TPSA) is 54.4 Å². The van der Waals surface area contributed by atoms with Crippen LogP contribution in [0.5, 0.6) is 0 Å². The van der Waals surface area contributed by atoms with Gasteiger partial charge in [-0.2, -0.15) is 0 Å². The van der Waals surface area contributed by atoms with E-state index < -0.39 is 5.97 Å². The van der Waals surface area contributed by atoms with E-state index in [9.17, 15) is 9.59 Å². The summed E-state index contributed by atoms with van der Waals surface area (Å²) < 4.78 is 0. The van der Waals surface area contributed by atoms with Gasteiger partial charge in [0.1, 0.15) is 6.29 Å². The zero-order chi connectivity index (χ0) is 13.7. The van der Waals surface area contributed by atoms with Crippen LogP contribution in [0.25, 0.3) is 11.1 Å². The van der Waals surface area contributed by atoms with Crippen molar-refractivity contribution in [3.63, 3.8) is 0 Å². The fourth-order valence-corrected chi connectivity index (χ4v) is 1.94. The van der Waals surface area contributed by atoms with Gasteiger partial charge in [-0.25, -0.2) is 4.79 Å². The lowest BCUT2D eigenvalue weighted by atomic mass is 10.0. The lowest BCUT2D eigenvalue weighted by Gasteiger charge is -2.05. The highest BCUT2D eigenvalue weighted by atomic mass is 16.4. The maximum absolute atomic E-state index is 10.8. The standard InChI is InChI=1S/C16H14O3/c17-10-2-4-12-3-1-5-15(11-12)13-6-8-14(9-7-13)16(18)19/h1,3,5-11H,2,4H2,(H,18,19). The molecule has 0 saturated carbocycles. The van der Waals surface area contributed by atoms with Crippen molar-refractivity contribution in [3.05, 3.63) is 59.7 Å². The van der Waals surface area contributed by atoms with Crippen molar-refractivity contribution in [1.29, 1.82) is 0 Å². The van der Waals surface area contributed by atoms with E-state index in [1.807, 2.05) is 24.3 Å². The molecule has 2 rings (SSSR count). The smallest absolute Gasteiger partial charge is 0.335 e. The van der Waals surface area contributed by atoms with E-state index in [4.69, 9.17) is 5.11 Å². The molecule has 2 aromatic carbocycles. The van der Waals surface area contributed by atoms with Gasteiger partial charge in [-0.15, -0.1) is 0 Å². The second-order valence-electron chi connectivity index (χ2n) is 4.29. The van der Waals surface area contributed by atoms with Gasteiger partial charge in [0.05, 0.1) is 5.56 Å². The molecule has 0 unspecified atom stereocenters. The number of aldehydes is 1. The van der Waals surface area contributed by atoms with Crippen LogP contribution in [0.3, 0.4) is 0 Å². The summed E-state index contributed by atoms with van der Waals surface area (Å²) in [7, 11) is 0. The van der Waals surface area contributed by atoms with Gasteiger partial charge >= 0.3 is 5.97 Å². The SMILES string of the molecule is O=CCCc1cccc(-c2ccc(C(=O)O)cc2)c1. The average molecular weight is 254 g/mol. The first kappa shape index (κ1) is 13.0. The van der Waals surface area contributed by atoms with Crippen LogP contribution in [0.15, 0.2) is 48.5 Å². The molecule has 2 aromatic rings. The Morgan fingerprint density at radius 2 is 1.79 bits per heavy atom. The Hall–Kier alpha value is -2.42. The predicted molar refractivity (Wildman–Crippen MR) is 73.2 cm³/mol. The number of carboxylic acid groups (broad SMARTS) is 1. The van der Waals surface area contributed by atoms with E-state index in [2.05, 4.69) is 0 Å². The molecule has 0 aromatic heterocycles. The van der Waals surface area contributed by atoms with E-state index in [0.717, 1.165) is 29.4 Å². The van der Waals surface area contributed by atoms with E-state index in [1.165, 1.54) is 0 Å². The summed E-state index contributed by atoms with van der Waals surface area (Å²) in [6, 6.07) is 14.7. The second-order valence-corrected chi connectivity index (χ2v) is 4.29. The molecule has 0 radical (unpaired) electrons. The number of hydrogen-bond acceptors (Lipinski definition) is 2. The summed E-state index contributed by atoms with van der Waals surface area (Å²) in [6.45, 7) is 0. The van der Waals surface area contributed by atoms with Gasteiger partial charge in [-0.3, -0.25) is 0 Å². The first-order valence-corrected chi connectivity index (χ1v) is 6.07. The highest BCUT2D eigenvalue weighted by molar-refractivity contribution is 5.88. The molecule has 0 spiro atoms. The monoisotopic (exact) mass is 254 g/mol. The predicted octanol–water partition coefficient (Wildman–Crippen LogP) is 3.18. The molecule has 19 heavy (non-hydrogen) atoms. The number of hydrogen-bond donors (Lipinski definition) is 1. The van der Waals surface area contributed by atoms with Crippen molar-refractivity contribution in [2.75, 3.05) is 0 Å². The summed E-state index contributed by atoms with van der Waals surface area (Å²) in [5, 5.41) is 8.85. The van der Waals surface area contributed by atoms with Crippen molar-refractivity contribution in [2.45, 2.75) is 12.8 Å². The van der Waals surface area contributed by atoms with Crippen LogP contribution < -0.4 is 0 Å². The van der Waals surface area contributed by atoms with Crippen molar-refractivity contribution in [1.82, 2.24) is 0 Å². The number of carboxylic acids is 1. The first-order valence-electron chi connectivity index (χ1n) is 6.07. The molecule has 0 aliphatic rings. The minimum absolute atomic E-state index is 0.279. The van der Waals surface area contributed by atoms with E-state index in [1.54, 1.807) is 24.3 Å². The Kier molecular flexibility index (Phi) is 4.08. The van der Waals surface area contributed by atoms with Crippen LogP contribution in [0.2, 0.25) is 0 Å². The molecule has 0 bridgehead atoms. The highest BCUT2D eigenvalue weighted by Crippen LogP contribution is 2.21. The van der Waals surface area contributed by atoms with Crippen molar-refractivity contribution in [3.8, 4) is 11.1 Å². The quantitative estimate of drug-likeness (QED) is 0.834. The summed E-state index contributed by atoms with van der Waals surface area (Å²) in [5.74, 6) is -0.925. The molecule has 0 aliphatic heterocycles. The Balaban J connectivity index is 2.25. The molecular weight excluding hydrogens is 240 g/mol. The van der Waals surface area contributed by atoms with Crippen LogP contribution in [-0.2, 0) is 11.2 Å². The number of aromatic carboxylic acids is 1. The molecule has 0 amide bonds. The third-order valence-electron chi connectivity index (χ3n) is 2.94. The van der Waals surface area contributed by atoms with Crippen LogP contribution in [-0.4, -0.2) is 17.4 Å². The molecule has 0 aliphatic carbocycles. The molecule has 0 fully saturated rings. The zero-order valence-corrected chi connectivity index (χ0v) is 10.4. The Labute approximate surface area is 111 Å². The molecule has 0 saturated heterocycles. The fraction of sp³-hybridized carbons (Fsp3) is 0.125. The van der Waals surface area contributed by atoms with Gasteiger partial charge in [0.2, 0.25) is 0 Å². The normalized spacial score (nSPS) is 10.1. The maximum Gasteiger partial charge on any atom is 0.335 e. The molecule has 0 atom stereocenters. The van der Waals surface area contributed by atoms with Gasteiger partial charge in [0.15, 0.2) is 0 Å². The number of carbonyl (C=O) groups is 2. The van der Waals surface area contributed by atoms with Crippen LogP contribution in [0, 0.1) is 0 Å². The number of carbonyl (C=O) groups excluding carboxylic acids is 1. The Bertz CT molecular complexity index is 585. The molecule has 3 heteroatoms. The Morgan fingerprint density at radius 3 is 2.42 bits per heavy atom. The third kappa shape index (κ3) is 3.28. The maximum atomic E-state index is 10.8. The van der Waals surface area contributed by atoms with E-state index in [0.29, 0.717) is 6.42 Å². The third-order valence-corrected chi connectivity index (χ3v) is 2.94. The largest absolute Gasteiger partial charge is 0.478 e. The summed E-state index contributed by atoms with van der Waals surface area (Å²) in [4.78, 5) is 21.2. The van der Waals surface area contributed by atoms with Crippen molar-refractivity contribution < 1.29 is 14.7 Å². The zero-order valence-electron chi connectivity index (χ0n) is 10.4. The van der Waals surface area contributed by atoms with Crippen molar-refractivity contribution in [2.24, 2.45) is 0 Å². The average Bonchev–Trinajstić information content (AvgIpc) is 2.45. The lowest BCUT2D eigenvalue weighted by molar-refractivity contribution is -0.107. The van der Waals surface area contributed by atoms with Gasteiger partial charge in [-0.1, -0.05) is 36.4 Å². The van der Waals surface area contributed by atoms with Gasteiger partial charge in [0.25, 0.3) is 0 Å². The molecule has 96 valence electrons. The molecular formula is C16H14O3. The van der Waals surface area contributed by atoms with Gasteiger partial charge < -0.3 is 9.90 Å². The summed E-state index contributed by atoms with van der Waals surface area (Å²) in [6.07, 6.45) is 2.15. The molecule has 1 N–H and O–H groups in total. The lowest BCUT2D eigenvalue weighted by Crippen LogP contribution is -1.95. The molecule has 0 heterocycles. The Morgan fingerprint density at radius 1 is 1.05 bits per heavy atom. The number of rotatable bonds is 5. The van der Waals surface area contributed by atoms with E-state index in [-0.39, 0.29) is 5.56 Å². The van der Waals surface area contributed by atoms with Crippen LogP contribution >= 0.6 is 0 Å². The minimum Gasteiger partial charge on any atom is -0.478 e. The minimum atomic E-state index is -0.925. The highest BCUT2D eigenvalue weighted by Gasteiger charge is 2.03. The van der Waals surface area contributed by atoms with Gasteiger partial charge in [-0.05, 0) is 35.2 Å². The fourth-order valence-electron chi connectivity index (χ4n) is 1.94. The van der Waals surface area contributed by atoms with Crippen LogP contribution in [0.1, 0.15) is 22.3 Å². The summed E-state index contributed by atoms with van der Waals surface area (Å²) in [5.41, 5.74) is 3.38. The second kappa shape index (κ2) is 5.96. The van der Waals surface area contributed by atoms with Crippen molar-refractivity contribution >= 4 is 12.3 Å². The number of aryl methyl sites for hydroxylation is 1. The first-order chi connectivity index (χ1) is 9.20.